The normalized spacial score (nSPS) is 16.3. The van der Waals surface area contributed by atoms with E-state index < -0.39 is 29.6 Å². The number of hydrogen-bond donors (Lipinski definition) is 2. The van der Waals surface area contributed by atoms with E-state index >= 15 is 0 Å². The van der Waals surface area contributed by atoms with Crippen LogP contribution in [0.4, 0.5) is 4.79 Å². The number of urea groups is 1. The highest BCUT2D eigenvalue weighted by Gasteiger charge is 2.39. The van der Waals surface area contributed by atoms with Gasteiger partial charge < -0.3 is 14.5 Å². The number of fused-ring (bicyclic) bond motifs is 1. The van der Waals surface area contributed by atoms with Crippen molar-refractivity contribution in [3.63, 3.8) is 0 Å². The Labute approximate surface area is 181 Å². The molecule has 0 spiro atoms. The van der Waals surface area contributed by atoms with Crippen LogP contribution in [0.3, 0.4) is 0 Å². The van der Waals surface area contributed by atoms with Crippen LogP contribution in [-0.4, -0.2) is 57.6 Å². The zero-order valence-corrected chi connectivity index (χ0v) is 18.1. The minimum atomic E-state index is -0.707. The van der Waals surface area contributed by atoms with Crippen molar-refractivity contribution in [1.82, 2.24) is 15.3 Å². The van der Waals surface area contributed by atoms with Gasteiger partial charge in [-0.05, 0) is 49.9 Å². The Morgan fingerprint density at radius 3 is 2.58 bits per heavy atom. The number of benzene rings is 2. The van der Waals surface area contributed by atoms with Gasteiger partial charge in [0, 0.05) is 13.1 Å². The van der Waals surface area contributed by atoms with E-state index in [1.165, 1.54) is 9.80 Å². The van der Waals surface area contributed by atoms with Crippen LogP contribution in [0.2, 0.25) is 0 Å². The average Bonchev–Trinajstić information content (AvgIpc) is 3.21. The summed E-state index contributed by atoms with van der Waals surface area (Å²) in [5, 5.41) is 11.0. The van der Waals surface area contributed by atoms with E-state index in [2.05, 4.69) is 0 Å². The second kappa shape index (κ2) is 9.34. The standard InChI is InChI=1S/C23H29N3O5/c1-23(2,3)31-21(28)19-12-7-13-26(19)22(29)25(15-20(27)24-30)14-17-10-6-9-16-8-4-5-11-18(16)17/h4-6,8-11,19,30H,7,12-15H2,1-3H3,(H,24,27)/t19-/m0/s1. The third-order valence-electron chi connectivity index (χ3n) is 5.15. The van der Waals surface area contributed by atoms with E-state index in [4.69, 9.17) is 9.94 Å². The first-order chi connectivity index (χ1) is 14.7. The molecule has 2 aromatic rings. The van der Waals surface area contributed by atoms with Crippen molar-refractivity contribution < 1.29 is 24.3 Å². The maximum atomic E-state index is 13.4. The monoisotopic (exact) mass is 427 g/mol. The first-order valence-corrected chi connectivity index (χ1v) is 10.4. The predicted octanol–water partition coefficient (Wildman–Crippen LogP) is 3.07. The van der Waals surface area contributed by atoms with Crippen LogP contribution in [0.1, 0.15) is 39.2 Å². The van der Waals surface area contributed by atoms with Crippen LogP contribution in [0.25, 0.3) is 10.8 Å². The lowest BCUT2D eigenvalue weighted by Gasteiger charge is -2.32. The molecular formula is C23H29N3O5. The molecule has 0 bridgehead atoms. The van der Waals surface area contributed by atoms with Crippen molar-refractivity contribution in [3.05, 3.63) is 48.0 Å². The van der Waals surface area contributed by atoms with Crippen LogP contribution < -0.4 is 5.48 Å². The van der Waals surface area contributed by atoms with Gasteiger partial charge in [-0.1, -0.05) is 42.5 Å². The first-order valence-electron chi connectivity index (χ1n) is 10.4. The van der Waals surface area contributed by atoms with E-state index in [1.54, 1.807) is 26.3 Å². The Hall–Kier alpha value is -3.13. The fourth-order valence-corrected chi connectivity index (χ4v) is 3.83. The molecule has 1 aliphatic heterocycles. The lowest BCUT2D eigenvalue weighted by atomic mass is 10.0. The summed E-state index contributed by atoms with van der Waals surface area (Å²) in [4.78, 5) is 40.8. The summed E-state index contributed by atoms with van der Waals surface area (Å²) in [5.41, 5.74) is 1.79. The van der Waals surface area contributed by atoms with Crippen LogP contribution >= 0.6 is 0 Å². The zero-order chi connectivity index (χ0) is 22.6. The summed E-state index contributed by atoms with van der Waals surface area (Å²) < 4.78 is 5.49. The minimum absolute atomic E-state index is 0.158. The summed E-state index contributed by atoms with van der Waals surface area (Å²) in [6, 6.07) is 12.4. The molecule has 1 saturated heterocycles. The number of rotatable bonds is 5. The fourth-order valence-electron chi connectivity index (χ4n) is 3.83. The Kier molecular flexibility index (Phi) is 6.80. The number of likely N-dealkylation sites (tertiary alicyclic amines) is 1. The molecule has 3 amide bonds. The third-order valence-corrected chi connectivity index (χ3v) is 5.15. The number of hydrogen-bond acceptors (Lipinski definition) is 5. The molecule has 0 aromatic heterocycles. The predicted molar refractivity (Wildman–Crippen MR) is 115 cm³/mol. The van der Waals surface area contributed by atoms with Gasteiger partial charge in [-0.25, -0.2) is 15.1 Å². The molecule has 166 valence electrons. The smallest absolute Gasteiger partial charge is 0.329 e. The number of carbonyl (C=O) groups is 3. The van der Waals surface area contributed by atoms with Crippen molar-refractivity contribution >= 4 is 28.7 Å². The highest BCUT2D eigenvalue weighted by Crippen LogP contribution is 2.25. The summed E-state index contributed by atoms with van der Waals surface area (Å²) in [5.74, 6) is -1.16. The molecule has 31 heavy (non-hydrogen) atoms. The third kappa shape index (κ3) is 5.52. The molecule has 2 aromatic carbocycles. The largest absolute Gasteiger partial charge is 0.458 e. The second-order valence-electron chi connectivity index (χ2n) is 8.70. The molecule has 0 unspecified atom stereocenters. The van der Waals surface area contributed by atoms with Crippen molar-refractivity contribution in [2.24, 2.45) is 0 Å². The van der Waals surface area contributed by atoms with Crippen LogP contribution in [-0.2, 0) is 20.9 Å². The molecule has 1 fully saturated rings. The van der Waals surface area contributed by atoms with Gasteiger partial charge in [0.05, 0.1) is 0 Å². The zero-order valence-electron chi connectivity index (χ0n) is 18.1. The number of hydroxylamine groups is 1. The lowest BCUT2D eigenvalue weighted by Crippen LogP contribution is -2.51. The maximum absolute atomic E-state index is 13.4. The molecule has 2 N–H and O–H groups in total. The Bertz CT molecular complexity index is 964. The van der Waals surface area contributed by atoms with Gasteiger partial charge in [0.1, 0.15) is 18.2 Å². The van der Waals surface area contributed by atoms with E-state index in [9.17, 15) is 14.4 Å². The Morgan fingerprint density at radius 2 is 1.87 bits per heavy atom. The average molecular weight is 428 g/mol. The van der Waals surface area contributed by atoms with Gasteiger partial charge >= 0.3 is 12.0 Å². The maximum Gasteiger partial charge on any atom is 0.329 e. The summed E-state index contributed by atoms with van der Waals surface area (Å²) >= 11 is 0. The van der Waals surface area contributed by atoms with E-state index in [-0.39, 0.29) is 13.1 Å². The molecule has 1 heterocycles. The molecule has 8 nitrogen and oxygen atoms in total. The van der Waals surface area contributed by atoms with Crippen LogP contribution in [0, 0.1) is 0 Å². The lowest BCUT2D eigenvalue weighted by molar-refractivity contribution is -0.159. The van der Waals surface area contributed by atoms with Gasteiger partial charge in [0.15, 0.2) is 0 Å². The van der Waals surface area contributed by atoms with Crippen LogP contribution in [0.15, 0.2) is 42.5 Å². The molecule has 3 rings (SSSR count). The summed E-state index contributed by atoms with van der Waals surface area (Å²) in [6.07, 6.45) is 1.18. The number of esters is 1. The first kappa shape index (κ1) is 22.6. The molecule has 0 saturated carbocycles. The fraction of sp³-hybridized carbons (Fsp3) is 0.435. The second-order valence-corrected chi connectivity index (χ2v) is 8.70. The number of nitrogens with one attached hydrogen (secondary N) is 1. The number of ether oxygens (including phenoxy) is 1. The summed E-state index contributed by atoms with van der Waals surface area (Å²) in [6.45, 7) is 5.57. The van der Waals surface area contributed by atoms with Crippen molar-refractivity contribution in [2.75, 3.05) is 13.1 Å². The number of carbonyl (C=O) groups excluding carboxylic acids is 3. The molecular weight excluding hydrogens is 398 g/mol. The topological polar surface area (TPSA) is 99.2 Å². The van der Waals surface area contributed by atoms with Gasteiger partial charge in [-0.15, -0.1) is 0 Å². The SMILES string of the molecule is CC(C)(C)OC(=O)[C@@H]1CCCN1C(=O)N(CC(=O)NO)Cc1cccc2ccccc12. The van der Waals surface area contributed by atoms with Gasteiger partial charge in [-0.3, -0.25) is 10.0 Å². The van der Waals surface area contributed by atoms with E-state index in [0.29, 0.717) is 19.4 Å². The molecule has 1 atom stereocenters. The van der Waals surface area contributed by atoms with Gasteiger partial charge in [-0.2, -0.15) is 0 Å². The summed E-state index contributed by atoms with van der Waals surface area (Å²) in [7, 11) is 0. The minimum Gasteiger partial charge on any atom is -0.458 e. The highest BCUT2D eigenvalue weighted by atomic mass is 16.6. The van der Waals surface area contributed by atoms with Crippen molar-refractivity contribution in [2.45, 2.75) is 51.8 Å². The van der Waals surface area contributed by atoms with E-state index in [0.717, 1.165) is 16.3 Å². The van der Waals surface area contributed by atoms with Crippen molar-refractivity contribution in [3.8, 4) is 0 Å². The van der Waals surface area contributed by atoms with Crippen molar-refractivity contribution in [1.29, 1.82) is 0 Å². The number of amides is 3. The molecule has 8 heteroatoms. The molecule has 0 radical (unpaired) electrons. The van der Waals surface area contributed by atoms with Gasteiger partial charge in [0.25, 0.3) is 5.91 Å². The Balaban J connectivity index is 1.86. The van der Waals surface area contributed by atoms with E-state index in [1.807, 2.05) is 42.5 Å². The quantitative estimate of drug-likeness (QED) is 0.434. The Morgan fingerprint density at radius 1 is 1.16 bits per heavy atom. The highest BCUT2D eigenvalue weighted by molar-refractivity contribution is 5.89. The molecule has 1 aliphatic rings. The van der Waals surface area contributed by atoms with Crippen LogP contribution in [0.5, 0.6) is 0 Å². The van der Waals surface area contributed by atoms with Gasteiger partial charge in [0.2, 0.25) is 0 Å². The number of nitrogens with zero attached hydrogens (tertiary/aromatic N) is 2. The molecule has 0 aliphatic carbocycles.